The summed E-state index contributed by atoms with van der Waals surface area (Å²) in [6.45, 7) is 13.4. The van der Waals surface area contributed by atoms with Crippen LogP contribution in [0.2, 0.25) is 0 Å². The molecule has 2 heterocycles. The minimum atomic E-state index is 0.912. The molecule has 0 radical (unpaired) electrons. The minimum Gasteiger partial charge on any atom is -0.371 e. The summed E-state index contributed by atoms with van der Waals surface area (Å²) in [7, 11) is 0. The summed E-state index contributed by atoms with van der Waals surface area (Å²) in [6.07, 6.45) is 6.96. The largest absolute Gasteiger partial charge is 0.371 e. The maximum Gasteiger partial charge on any atom is 0.0398 e. The van der Waals surface area contributed by atoms with Crippen LogP contribution >= 0.6 is 0 Å². The van der Waals surface area contributed by atoms with Gasteiger partial charge in [0.15, 0.2) is 0 Å². The summed E-state index contributed by atoms with van der Waals surface area (Å²) in [5.41, 5.74) is 4.35. The Labute approximate surface area is 142 Å². The summed E-state index contributed by atoms with van der Waals surface area (Å²) in [5, 5.41) is 0. The van der Waals surface area contributed by atoms with Gasteiger partial charge in [0, 0.05) is 25.3 Å². The first-order valence-corrected chi connectivity index (χ1v) is 9.71. The maximum absolute atomic E-state index is 2.74. The Morgan fingerprint density at radius 2 is 1.57 bits per heavy atom. The summed E-state index contributed by atoms with van der Waals surface area (Å²) in [4.78, 5) is 5.35. The molecule has 23 heavy (non-hydrogen) atoms. The van der Waals surface area contributed by atoms with Crippen LogP contribution < -0.4 is 4.90 Å². The van der Waals surface area contributed by atoms with Gasteiger partial charge >= 0.3 is 0 Å². The topological polar surface area (TPSA) is 6.48 Å². The van der Waals surface area contributed by atoms with E-state index in [-0.39, 0.29) is 0 Å². The molecule has 2 saturated heterocycles. The van der Waals surface area contributed by atoms with Crippen molar-refractivity contribution in [2.24, 2.45) is 11.8 Å². The smallest absolute Gasteiger partial charge is 0.0398 e. The zero-order valence-electron chi connectivity index (χ0n) is 15.4. The Hall–Kier alpha value is -1.02. The van der Waals surface area contributed by atoms with E-state index < -0.39 is 0 Å². The summed E-state index contributed by atoms with van der Waals surface area (Å²) < 4.78 is 0. The van der Waals surface area contributed by atoms with E-state index in [4.69, 9.17) is 0 Å². The van der Waals surface area contributed by atoms with E-state index >= 15 is 0 Å². The van der Waals surface area contributed by atoms with Gasteiger partial charge in [-0.15, -0.1) is 0 Å². The number of hydrogen-bond acceptors (Lipinski definition) is 2. The van der Waals surface area contributed by atoms with E-state index in [2.05, 4.69) is 48.8 Å². The van der Waals surface area contributed by atoms with Crippen molar-refractivity contribution in [3.05, 3.63) is 29.3 Å². The highest BCUT2D eigenvalue weighted by Crippen LogP contribution is 2.29. The van der Waals surface area contributed by atoms with Gasteiger partial charge in [-0.1, -0.05) is 25.5 Å². The molecule has 2 aliphatic rings. The van der Waals surface area contributed by atoms with Gasteiger partial charge in [-0.2, -0.15) is 0 Å². The van der Waals surface area contributed by atoms with Crippen molar-refractivity contribution in [1.29, 1.82) is 0 Å². The van der Waals surface area contributed by atoms with Crippen LogP contribution in [0.25, 0.3) is 0 Å². The SMILES string of the molecule is CCC1CCN(CC2CCN(c3cccc(C)c3C)CC2)CC1. The quantitative estimate of drug-likeness (QED) is 0.798. The average Bonchev–Trinajstić information content (AvgIpc) is 2.59. The van der Waals surface area contributed by atoms with E-state index in [0.29, 0.717) is 0 Å². The normalized spacial score (nSPS) is 21.8. The molecule has 2 heteroatoms. The Morgan fingerprint density at radius 3 is 2.22 bits per heavy atom. The molecule has 2 fully saturated rings. The standard InChI is InChI=1S/C21H34N2/c1-4-19-8-12-22(13-9-19)16-20-10-14-23(15-11-20)21-7-5-6-17(2)18(21)3/h5-7,19-20H,4,8-16H2,1-3H3. The van der Waals surface area contributed by atoms with Crippen molar-refractivity contribution in [3.63, 3.8) is 0 Å². The molecule has 2 nitrogen and oxygen atoms in total. The van der Waals surface area contributed by atoms with Gasteiger partial charge in [-0.3, -0.25) is 0 Å². The van der Waals surface area contributed by atoms with Crippen LogP contribution in [0.1, 0.15) is 50.2 Å². The number of aryl methyl sites for hydroxylation is 1. The first kappa shape index (κ1) is 16.8. The van der Waals surface area contributed by atoms with E-state index in [0.717, 1.165) is 11.8 Å². The third kappa shape index (κ3) is 4.09. The van der Waals surface area contributed by atoms with Crippen LogP contribution in [-0.4, -0.2) is 37.6 Å². The first-order chi connectivity index (χ1) is 11.2. The lowest BCUT2D eigenvalue weighted by atomic mass is 9.91. The molecule has 0 unspecified atom stereocenters. The zero-order valence-corrected chi connectivity index (χ0v) is 15.4. The van der Waals surface area contributed by atoms with Crippen LogP contribution in [0.5, 0.6) is 0 Å². The van der Waals surface area contributed by atoms with Crippen molar-refractivity contribution in [1.82, 2.24) is 4.90 Å². The van der Waals surface area contributed by atoms with Crippen LogP contribution in [0, 0.1) is 25.7 Å². The van der Waals surface area contributed by atoms with Crippen LogP contribution in [0.15, 0.2) is 18.2 Å². The highest BCUT2D eigenvalue weighted by molar-refractivity contribution is 5.56. The lowest BCUT2D eigenvalue weighted by Gasteiger charge is -2.38. The lowest BCUT2D eigenvalue weighted by molar-refractivity contribution is 0.149. The maximum atomic E-state index is 2.74. The average molecular weight is 315 g/mol. The minimum absolute atomic E-state index is 0.912. The molecule has 0 aliphatic carbocycles. The number of hydrogen-bond donors (Lipinski definition) is 0. The molecule has 1 aromatic rings. The second-order valence-electron chi connectivity index (χ2n) is 7.80. The molecule has 3 rings (SSSR count). The Balaban J connectivity index is 1.48. The fraction of sp³-hybridized carbons (Fsp3) is 0.714. The predicted molar refractivity (Wildman–Crippen MR) is 100 cm³/mol. The molecule has 128 valence electrons. The molecule has 0 bridgehead atoms. The van der Waals surface area contributed by atoms with Crippen LogP contribution in [-0.2, 0) is 0 Å². The highest BCUT2D eigenvalue weighted by atomic mass is 15.2. The van der Waals surface area contributed by atoms with Gasteiger partial charge in [0.2, 0.25) is 0 Å². The van der Waals surface area contributed by atoms with Crippen molar-refractivity contribution >= 4 is 5.69 Å². The molecule has 2 aliphatic heterocycles. The van der Waals surface area contributed by atoms with Crippen LogP contribution in [0.3, 0.4) is 0 Å². The Bertz CT molecular complexity index is 495. The first-order valence-electron chi connectivity index (χ1n) is 9.71. The molecule has 1 aromatic carbocycles. The molecule has 0 spiro atoms. The molecule has 0 N–H and O–H groups in total. The van der Waals surface area contributed by atoms with Crippen molar-refractivity contribution in [2.75, 3.05) is 37.6 Å². The highest BCUT2D eigenvalue weighted by Gasteiger charge is 2.24. The Kier molecular flexibility index (Phi) is 5.63. The number of benzene rings is 1. The van der Waals surface area contributed by atoms with Crippen molar-refractivity contribution < 1.29 is 0 Å². The fourth-order valence-electron chi connectivity index (χ4n) is 4.38. The predicted octanol–water partition coefficient (Wildman–Crippen LogP) is 4.64. The monoisotopic (exact) mass is 314 g/mol. The molecule has 0 saturated carbocycles. The van der Waals surface area contributed by atoms with Gasteiger partial charge in [0.05, 0.1) is 0 Å². The molecular formula is C21H34N2. The number of piperidine rings is 2. The van der Waals surface area contributed by atoms with E-state index in [1.807, 2.05) is 0 Å². The summed E-state index contributed by atoms with van der Waals surface area (Å²) in [5.74, 6) is 1.91. The number of nitrogens with zero attached hydrogens (tertiary/aromatic N) is 2. The van der Waals surface area contributed by atoms with Crippen molar-refractivity contribution in [3.8, 4) is 0 Å². The third-order valence-corrected chi connectivity index (χ3v) is 6.33. The van der Waals surface area contributed by atoms with Gasteiger partial charge in [0.25, 0.3) is 0 Å². The van der Waals surface area contributed by atoms with Crippen molar-refractivity contribution in [2.45, 2.75) is 52.9 Å². The van der Waals surface area contributed by atoms with E-state index in [9.17, 15) is 0 Å². The second kappa shape index (κ2) is 7.70. The number of anilines is 1. The number of rotatable bonds is 4. The molecule has 0 aromatic heterocycles. The zero-order chi connectivity index (χ0) is 16.2. The number of likely N-dealkylation sites (tertiary alicyclic amines) is 1. The van der Waals surface area contributed by atoms with Gasteiger partial charge < -0.3 is 9.80 Å². The van der Waals surface area contributed by atoms with Crippen LogP contribution in [0.4, 0.5) is 5.69 Å². The molecule has 0 amide bonds. The second-order valence-corrected chi connectivity index (χ2v) is 7.80. The summed E-state index contributed by atoms with van der Waals surface area (Å²) >= 11 is 0. The lowest BCUT2D eigenvalue weighted by Crippen LogP contribution is -2.41. The summed E-state index contributed by atoms with van der Waals surface area (Å²) in [6, 6.07) is 6.74. The van der Waals surface area contributed by atoms with E-state index in [1.54, 1.807) is 0 Å². The molecule has 0 atom stereocenters. The van der Waals surface area contributed by atoms with Gasteiger partial charge in [-0.05, 0) is 81.6 Å². The van der Waals surface area contributed by atoms with Gasteiger partial charge in [-0.25, -0.2) is 0 Å². The molecular weight excluding hydrogens is 280 g/mol. The van der Waals surface area contributed by atoms with Gasteiger partial charge in [0.1, 0.15) is 0 Å². The Morgan fingerprint density at radius 1 is 0.913 bits per heavy atom. The third-order valence-electron chi connectivity index (χ3n) is 6.33. The van der Waals surface area contributed by atoms with E-state index in [1.165, 1.54) is 81.6 Å². The fourth-order valence-corrected chi connectivity index (χ4v) is 4.38.